The average Bonchev–Trinajstić information content (AvgIpc) is 4.05. The predicted octanol–water partition coefficient (Wildman–Crippen LogP) is 8.58. The summed E-state index contributed by atoms with van der Waals surface area (Å²) in [4.78, 5) is 23.4. The van der Waals surface area contributed by atoms with E-state index in [2.05, 4.69) is 180 Å². The van der Waals surface area contributed by atoms with E-state index < -0.39 is 0 Å². The zero-order valence-corrected chi connectivity index (χ0v) is 36.3. The highest BCUT2D eigenvalue weighted by molar-refractivity contribution is 6.92. The lowest BCUT2D eigenvalue weighted by molar-refractivity contribution is 0.584. The topological polar surface area (TPSA) is 113 Å². The fourth-order valence-corrected chi connectivity index (χ4v) is 10.4. The summed E-state index contributed by atoms with van der Waals surface area (Å²) >= 11 is 0. The van der Waals surface area contributed by atoms with Crippen molar-refractivity contribution >= 4 is 95.4 Å². The van der Waals surface area contributed by atoms with Crippen LogP contribution in [0.25, 0.3) is 67.5 Å². The van der Waals surface area contributed by atoms with Gasteiger partial charge in [0.25, 0.3) is 0 Å². The van der Waals surface area contributed by atoms with Gasteiger partial charge in [-0.15, -0.1) is 0 Å². The maximum absolute atomic E-state index is 6.75. The molecule has 0 unspecified atom stereocenters. The number of allylic oxidation sites excluding steroid dienone is 8. The minimum Gasteiger partial charge on any atom is -0.423 e. The van der Waals surface area contributed by atoms with E-state index >= 15 is 0 Å². The smallest absolute Gasteiger partial charge is 0.381 e. The Balaban J connectivity index is 0.962. The van der Waals surface area contributed by atoms with Crippen molar-refractivity contribution in [2.75, 3.05) is 0 Å². The van der Waals surface area contributed by atoms with E-state index in [1.807, 2.05) is 27.1 Å². The average molecular weight is 835 g/mol. The Bertz CT molecular complexity index is 3330. The monoisotopic (exact) mass is 835 g/mol. The van der Waals surface area contributed by atoms with E-state index in [9.17, 15) is 0 Å². The number of nitrogens with zero attached hydrogens (tertiary/aromatic N) is 11. The van der Waals surface area contributed by atoms with Gasteiger partial charge in [0, 0.05) is 29.7 Å². The SMILES string of the molecule is CC(C)(C)c1ccc2c(oc3nc4cccnc4n32)c1C1=CB2N(C=C1)B1C=CC=CN1B1C=C(c3c(C(C)(C)C)ccc4c3oc3nc5nccnc5n34)C=CN1B1C=CC=CN12. The second-order valence-electron chi connectivity index (χ2n) is 19.2. The van der Waals surface area contributed by atoms with E-state index in [0.29, 0.717) is 23.0 Å². The van der Waals surface area contributed by atoms with Crippen molar-refractivity contribution in [1.82, 2.24) is 52.6 Å². The molecule has 17 heteroatoms. The zero-order chi connectivity index (χ0) is 43.2. The molecule has 0 amide bonds. The van der Waals surface area contributed by atoms with Crippen LogP contribution in [0.3, 0.4) is 0 Å². The Hall–Kier alpha value is -7.41. The van der Waals surface area contributed by atoms with Crippen LogP contribution in [0.1, 0.15) is 63.8 Å². The van der Waals surface area contributed by atoms with Crippen LogP contribution in [0.2, 0.25) is 0 Å². The maximum atomic E-state index is 6.75. The summed E-state index contributed by atoms with van der Waals surface area (Å²) in [6.45, 7) is 13.0. The Labute approximate surface area is 370 Å². The van der Waals surface area contributed by atoms with Gasteiger partial charge < -0.3 is 27.7 Å². The highest BCUT2D eigenvalue weighted by Gasteiger charge is 2.51. The molecular weight excluding hydrogens is 794 g/mol. The third-order valence-electron chi connectivity index (χ3n) is 13.2. The summed E-state index contributed by atoms with van der Waals surface area (Å²) in [6.07, 6.45) is 27.2. The highest BCUT2D eigenvalue weighted by atomic mass is 16.4. The minimum absolute atomic E-state index is 0.127. The molecule has 64 heavy (non-hydrogen) atoms. The normalized spacial score (nSPS) is 17.4. The number of oxazole rings is 2. The summed E-state index contributed by atoms with van der Waals surface area (Å²) in [7, 11) is 0. The molecule has 0 radical (unpaired) electrons. The van der Waals surface area contributed by atoms with Crippen molar-refractivity contribution in [2.45, 2.75) is 52.4 Å². The van der Waals surface area contributed by atoms with Gasteiger partial charge in [-0.2, -0.15) is 9.97 Å². The second kappa shape index (κ2) is 13.1. The summed E-state index contributed by atoms with van der Waals surface area (Å²) in [6, 6.07) is 12.6. The number of benzene rings is 2. The molecule has 1 saturated heterocycles. The van der Waals surface area contributed by atoms with Gasteiger partial charge in [0.1, 0.15) is 5.52 Å². The van der Waals surface area contributed by atoms with Gasteiger partial charge in [-0.25, -0.2) is 23.8 Å². The molecule has 11 heterocycles. The van der Waals surface area contributed by atoms with Gasteiger partial charge in [0.15, 0.2) is 22.5 Å². The molecule has 13 nitrogen and oxygen atoms in total. The van der Waals surface area contributed by atoms with Gasteiger partial charge in [-0.05, 0) is 106 Å². The van der Waals surface area contributed by atoms with Gasteiger partial charge in [0.05, 0.1) is 11.0 Å². The molecular formula is C47H41B4N11O2. The third kappa shape index (κ3) is 5.26. The molecule has 308 valence electrons. The maximum Gasteiger partial charge on any atom is 0.381 e. The molecule has 0 N–H and O–H groups in total. The first kappa shape index (κ1) is 37.2. The Morgan fingerprint density at radius 2 is 1.03 bits per heavy atom. The van der Waals surface area contributed by atoms with Gasteiger partial charge >= 0.3 is 39.6 Å². The highest BCUT2D eigenvalue weighted by Crippen LogP contribution is 2.43. The Morgan fingerprint density at radius 3 is 1.61 bits per heavy atom. The summed E-state index contributed by atoms with van der Waals surface area (Å²) in [5.74, 6) is 10.4. The van der Waals surface area contributed by atoms with Crippen LogP contribution in [-0.4, -0.2) is 80.5 Å². The number of imidazole rings is 2. The molecule has 1 fully saturated rings. The lowest BCUT2D eigenvalue weighted by Crippen LogP contribution is -2.73. The van der Waals surface area contributed by atoms with E-state index in [1.54, 1.807) is 12.4 Å². The van der Waals surface area contributed by atoms with Crippen LogP contribution in [0.4, 0.5) is 0 Å². The molecule has 5 aliphatic heterocycles. The second-order valence-corrected chi connectivity index (χ2v) is 19.2. The van der Waals surface area contributed by atoms with Crippen LogP contribution < -0.4 is 0 Å². The van der Waals surface area contributed by atoms with E-state index in [0.717, 1.165) is 55.6 Å². The van der Waals surface area contributed by atoms with Crippen LogP contribution in [0, 0.1) is 0 Å². The number of hydrogen-bond donors (Lipinski definition) is 0. The van der Waals surface area contributed by atoms with Crippen molar-refractivity contribution in [3.8, 4) is 0 Å². The third-order valence-corrected chi connectivity index (χ3v) is 13.2. The fraction of sp³-hybridized carbons (Fsp3) is 0.170. The fourth-order valence-electron chi connectivity index (χ4n) is 10.4. The summed E-state index contributed by atoms with van der Waals surface area (Å²) in [5.41, 5.74) is 12.6. The van der Waals surface area contributed by atoms with Crippen LogP contribution in [0.15, 0.2) is 149 Å². The lowest BCUT2D eigenvalue weighted by Gasteiger charge is -2.53. The van der Waals surface area contributed by atoms with Gasteiger partial charge in [0.2, 0.25) is 5.65 Å². The van der Waals surface area contributed by atoms with E-state index in [-0.39, 0.29) is 38.8 Å². The first-order valence-corrected chi connectivity index (χ1v) is 21.9. The number of fused-ring (bicyclic) bond motifs is 18. The summed E-state index contributed by atoms with van der Waals surface area (Å²) in [5, 5.41) is 0. The molecule has 2 aromatic carbocycles. The van der Waals surface area contributed by atoms with Crippen LogP contribution >= 0.6 is 0 Å². The lowest BCUT2D eigenvalue weighted by atomic mass is 9.41. The predicted molar refractivity (Wildman–Crippen MR) is 257 cm³/mol. The molecule has 0 bridgehead atoms. The number of hydrogen-bond acceptors (Lipinski definition) is 11. The van der Waals surface area contributed by atoms with Gasteiger partial charge in [-0.1, -0.05) is 89.7 Å². The van der Waals surface area contributed by atoms with E-state index in [1.165, 1.54) is 11.1 Å². The van der Waals surface area contributed by atoms with Crippen molar-refractivity contribution in [3.05, 3.63) is 162 Å². The molecule has 0 atom stereocenters. The molecule has 0 aliphatic carbocycles. The largest absolute Gasteiger partial charge is 0.423 e. The first-order valence-electron chi connectivity index (χ1n) is 21.9. The summed E-state index contributed by atoms with van der Waals surface area (Å²) < 4.78 is 27.3. The van der Waals surface area contributed by atoms with E-state index in [4.69, 9.17) is 23.8 Å². The van der Waals surface area contributed by atoms with Gasteiger partial charge in [-0.3, -0.25) is 0 Å². The number of rotatable bonds is 2. The zero-order valence-electron chi connectivity index (χ0n) is 36.3. The number of pyridine rings is 1. The van der Waals surface area contributed by atoms with Crippen molar-refractivity contribution in [3.63, 3.8) is 0 Å². The van der Waals surface area contributed by atoms with Crippen molar-refractivity contribution in [1.29, 1.82) is 0 Å². The molecule has 6 aromatic heterocycles. The quantitative estimate of drug-likeness (QED) is 0.156. The molecule has 0 spiro atoms. The molecule has 13 rings (SSSR count). The van der Waals surface area contributed by atoms with Crippen molar-refractivity contribution in [2.24, 2.45) is 0 Å². The Morgan fingerprint density at radius 1 is 0.516 bits per heavy atom. The van der Waals surface area contributed by atoms with Crippen molar-refractivity contribution < 1.29 is 8.83 Å². The minimum atomic E-state index is -0.186. The standard InChI is InChI=1S/C47H41B4N11O2/c1-46(2,3)32-13-15-35-39(63-44-55-34-12-11-21-53-42(34)61(35)44)37(32)30-17-26-59-49-20-8-10-25-58(49)51-29-31(18-27-60(51)48-19-7-9-24-57(48)50(59)28-30)38-33(47(4,5)6)14-16-36-40(38)64-45-56-41-43(62(36)45)54-23-22-52-41/h7-29H,1-6H3. The molecule has 8 aromatic rings. The Kier molecular flexibility index (Phi) is 7.59. The molecule has 0 saturated carbocycles. The molecule has 5 aliphatic rings. The first-order chi connectivity index (χ1) is 31.0. The van der Waals surface area contributed by atoms with Crippen LogP contribution in [0.5, 0.6) is 0 Å². The van der Waals surface area contributed by atoms with Crippen LogP contribution in [-0.2, 0) is 10.8 Å². The number of aromatic nitrogens is 7.